The van der Waals surface area contributed by atoms with Crippen molar-refractivity contribution in [2.75, 3.05) is 5.32 Å². The van der Waals surface area contributed by atoms with Crippen LogP contribution in [0.4, 0.5) is 11.6 Å². The van der Waals surface area contributed by atoms with E-state index in [1.165, 1.54) is 0 Å². The van der Waals surface area contributed by atoms with Crippen molar-refractivity contribution in [3.8, 4) is 34.3 Å². The quantitative estimate of drug-likeness (QED) is 0.453. The largest absolute Gasteiger partial charge is 0.507 e. The molecule has 0 aliphatic carbocycles. The average Bonchev–Trinajstić information content (AvgIpc) is 2.70. The lowest BCUT2D eigenvalue weighted by molar-refractivity contribution is 0.477. The Balaban J connectivity index is 1.87. The van der Waals surface area contributed by atoms with Crippen LogP contribution in [-0.2, 0) is 0 Å². The number of nitrogens with zero attached hydrogens (tertiary/aromatic N) is 3. The van der Waals surface area contributed by atoms with Crippen molar-refractivity contribution in [3.05, 3.63) is 77.8 Å². The van der Waals surface area contributed by atoms with Gasteiger partial charge in [-0.1, -0.05) is 48.0 Å². The molecule has 0 amide bonds. The molecule has 0 atom stereocenters. The maximum absolute atomic E-state index is 10.2. The molecule has 3 aromatic carbocycles. The van der Waals surface area contributed by atoms with E-state index in [1.807, 2.05) is 12.1 Å². The first-order valence-corrected chi connectivity index (χ1v) is 8.84. The second-order valence-electron chi connectivity index (χ2n) is 5.95. The number of anilines is 2. The summed E-state index contributed by atoms with van der Waals surface area (Å²) in [6.45, 7) is 0. The van der Waals surface area contributed by atoms with Crippen LogP contribution in [0, 0.1) is 0 Å². The van der Waals surface area contributed by atoms with Crippen LogP contribution in [0.2, 0.25) is 5.02 Å². The van der Waals surface area contributed by atoms with E-state index in [-0.39, 0.29) is 29.1 Å². The molecule has 0 aliphatic rings. The van der Waals surface area contributed by atoms with Gasteiger partial charge in [0.25, 0.3) is 0 Å². The molecular weight excluding hydrogens is 376 g/mol. The Kier molecular flexibility index (Phi) is 4.78. The van der Waals surface area contributed by atoms with E-state index in [9.17, 15) is 10.2 Å². The van der Waals surface area contributed by atoms with Gasteiger partial charge in [0.1, 0.15) is 11.5 Å². The van der Waals surface area contributed by atoms with Crippen LogP contribution in [0.15, 0.2) is 72.8 Å². The van der Waals surface area contributed by atoms with Gasteiger partial charge in [-0.3, -0.25) is 0 Å². The summed E-state index contributed by atoms with van der Waals surface area (Å²) in [4.78, 5) is 13.3. The third-order valence-corrected chi connectivity index (χ3v) is 4.38. The van der Waals surface area contributed by atoms with Gasteiger partial charge in [-0.15, -0.1) is 0 Å². The second kappa shape index (κ2) is 7.54. The number of aromatic hydroxyl groups is 2. The van der Waals surface area contributed by atoms with Gasteiger partial charge in [-0.25, -0.2) is 4.98 Å². The first-order chi connectivity index (χ1) is 13.6. The van der Waals surface area contributed by atoms with Gasteiger partial charge in [0.2, 0.25) is 5.95 Å². The molecule has 28 heavy (non-hydrogen) atoms. The van der Waals surface area contributed by atoms with Gasteiger partial charge in [0.05, 0.1) is 21.8 Å². The predicted molar refractivity (Wildman–Crippen MR) is 109 cm³/mol. The molecule has 0 unspecified atom stereocenters. The minimum atomic E-state index is 0.0422. The molecule has 4 aromatic rings. The van der Waals surface area contributed by atoms with Crippen molar-refractivity contribution < 1.29 is 10.2 Å². The highest BCUT2D eigenvalue weighted by molar-refractivity contribution is 6.33. The smallest absolute Gasteiger partial charge is 0.231 e. The van der Waals surface area contributed by atoms with Crippen molar-refractivity contribution in [1.82, 2.24) is 15.0 Å². The average molecular weight is 391 g/mol. The molecule has 0 radical (unpaired) electrons. The van der Waals surface area contributed by atoms with Crippen molar-refractivity contribution in [2.24, 2.45) is 0 Å². The normalized spacial score (nSPS) is 10.6. The molecule has 0 fully saturated rings. The Morgan fingerprint density at radius 1 is 0.643 bits per heavy atom. The van der Waals surface area contributed by atoms with Gasteiger partial charge < -0.3 is 15.5 Å². The van der Waals surface area contributed by atoms with Crippen molar-refractivity contribution in [1.29, 1.82) is 0 Å². The first-order valence-electron chi connectivity index (χ1n) is 8.46. The molecule has 0 spiro atoms. The zero-order valence-corrected chi connectivity index (χ0v) is 15.3. The van der Waals surface area contributed by atoms with E-state index in [0.29, 0.717) is 21.8 Å². The number of aromatic nitrogens is 3. The number of hydrogen-bond donors (Lipinski definition) is 3. The van der Waals surface area contributed by atoms with Crippen LogP contribution in [0.5, 0.6) is 11.5 Å². The van der Waals surface area contributed by atoms with Crippen LogP contribution in [0.25, 0.3) is 22.8 Å². The SMILES string of the molecule is Oc1ccccc1-c1nc(Nc2ccccc2Cl)nc(-c2ccccc2O)n1. The third kappa shape index (κ3) is 3.58. The van der Waals surface area contributed by atoms with E-state index < -0.39 is 0 Å². The molecule has 3 N–H and O–H groups in total. The lowest BCUT2D eigenvalue weighted by atomic mass is 10.1. The highest BCUT2D eigenvalue weighted by Gasteiger charge is 2.15. The summed E-state index contributed by atoms with van der Waals surface area (Å²) in [6, 6.07) is 20.7. The fourth-order valence-electron chi connectivity index (χ4n) is 2.68. The van der Waals surface area contributed by atoms with Gasteiger partial charge in [0, 0.05) is 0 Å². The number of nitrogens with one attached hydrogen (secondary N) is 1. The molecule has 138 valence electrons. The predicted octanol–water partition coefficient (Wildman–Crippen LogP) is 5.01. The standard InChI is InChI=1S/C21H15ClN4O2/c22-15-9-3-4-10-16(15)23-21-25-19(13-7-1-5-11-17(13)27)24-20(26-21)14-8-2-6-12-18(14)28/h1-12,27-28H,(H,23,24,25,26). The van der Waals surface area contributed by atoms with Crippen LogP contribution in [0.1, 0.15) is 0 Å². The molecule has 0 aliphatic heterocycles. The van der Waals surface area contributed by atoms with E-state index in [2.05, 4.69) is 20.3 Å². The number of benzene rings is 3. The summed E-state index contributed by atoms with van der Waals surface area (Å²) in [5, 5.41) is 24.0. The van der Waals surface area contributed by atoms with Gasteiger partial charge in [0.15, 0.2) is 11.6 Å². The summed E-state index contributed by atoms with van der Waals surface area (Å²) in [7, 11) is 0. The zero-order chi connectivity index (χ0) is 19.5. The summed E-state index contributed by atoms with van der Waals surface area (Å²) >= 11 is 6.22. The maximum atomic E-state index is 10.2. The zero-order valence-electron chi connectivity index (χ0n) is 14.5. The lowest BCUT2D eigenvalue weighted by Crippen LogP contribution is -2.03. The molecule has 0 saturated heterocycles. The van der Waals surface area contributed by atoms with E-state index in [1.54, 1.807) is 60.7 Å². The van der Waals surface area contributed by atoms with E-state index in [4.69, 9.17) is 11.6 Å². The molecule has 1 aromatic heterocycles. The third-order valence-electron chi connectivity index (χ3n) is 4.05. The van der Waals surface area contributed by atoms with Crippen LogP contribution < -0.4 is 5.32 Å². The lowest BCUT2D eigenvalue weighted by Gasteiger charge is -2.11. The molecule has 0 bridgehead atoms. The van der Waals surface area contributed by atoms with E-state index in [0.717, 1.165) is 0 Å². The van der Waals surface area contributed by atoms with Crippen molar-refractivity contribution in [3.63, 3.8) is 0 Å². The fraction of sp³-hybridized carbons (Fsp3) is 0. The Morgan fingerprint density at radius 2 is 1.14 bits per heavy atom. The highest BCUT2D eigenvalue weighted by Crippen LogP contribution is 2.32. The van der Waals surface area contributed by atoms with Crippen LogP contribution in [0.3, 0.4) is 0 Å². The molecule has 1 heterocycles. The molecule has 0 saturated carbocycles. The Morgan fingerprint density at radius 3 is 1.68 bits per heavy atom. The Labute approximate surface area is 166 Å². The van der Waals surface area contributed by atoms with Gasteiger partial charge in [-0.2, -0.15) is 9.97 Å². The number of halogens is 1. The summed E-state index contributed by atoms with van der Waals surface area (Å²) in [6.07, 6.45) is 0. The number of phenolic OH excluding ortho intramolecular Hbond substituents is 2. The number of hydrogen-bond acceptors (Lipinski definition) is 6. The summed E-state index contributed by atoms with van der Waals surface area (Å²) in [5.41, 5.74) is 1.52. The topological polar surface area (TPSA) is 91.2 Å². The first kappa shape index (κ1) is 17.8. The van der Waals surface area contributed by atoms with Gasteiger partial charge >= 0.3 is 0 Å². The van der Waals surface area contributed by atoms with E-state index >= 15 is 0 Å². The maximum Gasteiger partial charge on any atom is 0.231 e. The summed E-state index contributed by atoms with van der Waals surface area (Å²) in [5.74, 6) is 0.850. The number of rotatable bonds is 4. The highest BCUT2D eigenvalue weighted by atomic mass is 35.5. The molecule has 4 rings (SSSR count). The van der Waals surface area contributed by atoms with Crippen LogP contribution >= 0.6 is 11.6 Å². The summed E-state index contributed by atoms with van der Waals surface area (Å²) < 4.78 is 0. The molecule has 6 nitrogen and oxygen atoms in total. The second-order valence-corrected chi connectivity index (χ2v) is 6.35. The van der Waals surface area contributed by atoms with Crippen LogP contribution in [-0.4, -0.2) is 25.2 Å². The fourth-order valence-corrected chi connectivity index (χ4v) is 2.86. The minimum Gasteiger partial charge on any atom is -0.507 e. The number of para-hydroxylation sites is 3. The van der Waals surface area contributed by atoms with Crippen molar-refractivity contribution in [2.45, 2.75) is 0 Å². The minimum absolute atomic E-state index is 0.0422. The monoisotopic (exact) mass is 390 g/mol. The molecule has 7 heteroatoms. The Bertz CT molecular complexity index is 1090. The Hall–Kier alpha value is -3.64. The van der Waals surface area contributed by atoms with Gasteiger partial charge in [-0.05, 0) is 36.4 Å². The van der Waals surface area contributed by atoms with Crippen molar-refractivity contribution >= 4 is 23.2 Å². The molecular formula is C21H15ClN4O2. The number of phenols is 2.